The maximum Gasteiger partial charge on any atom is 0.512 e. The van der Waals surface area contributed by atoms with Gasteiger partial charge in [-0.25, -0.2) is 9.78 Å². The fraction of sp³-hybridized carbons (Fsp3) is 0.333. The van der Waals surface area contributed by atoms with Gasteiger partial charge in [0, 0.05) is 0 Å². The molecule has 0 spiro atoms. The van der Waals surface area contributed by atoms with Crippen LogP contribution in [-0.2, 0) is 0 Å². The number of thiazole rings is 1. The van der Waals surface area contributed by atoms with Crippen molar-refractivity contribution in [3.63, 3.8) is 0 Å². The summed E-state index contributed by atoms with van der Waals surface area (Å²) in [6.07, 6.45) is -1.60. The number of carbonyl (C=O) groups is 1. The zero-order valence-electron chi connectivity index (χ0n) is 6.86. The number of hydrogen-bond acceptors (Lipinski definition) is 5. The number of hydrogen-bond donors (Lipinski definition) is 1. The van der Waals surface area contributed by atoms with Crippen LogP contribution in [0.15, 0.2) is 0 Å². The van der Waals surface area contributed by atoms with E-state index < -0.39 is 18.6 Å². The number of aromatic nitrogens is 1. The van der Waals surface area contributed by atoms with Crippen molar-refractivity contribution in [2.24, 2.45) is 0 Å². The van der Waals surface area contributed by atoms with Crippen molar-refractivity contribution in [1.82, 2.24) is 4.98 Å². The van der Waals surface area contributed by atoms with E-state index in [4.69, 9.17) is 5.11 Å². The molecule has 1 aromatic rings. The highest BCUT2D eigenvalue weighted by Crippen LogP contribution is 2.34. The molecule has 78 valence electrons. The number of alkyl halides is 2. The van der Waals surface area contributed by atoms with Gasteiger partial charge in [0.25, 0.3) is 10.9 Å². The Kier molecular flexibility index (Phi) is 3.18. The summed E-state index contributed by atoms with van der Waals surface area (Å²) >= 11 is 0.812. The van der Waals surface area contributed by atoms with Crippen molar-refractivity contribution in [1.29, 1.82) is 0 Å². The Morgan fingerprint density at radius 1 is 1.64 bits per heavy atom. The van der Waals surface area contributed by atoms with Gasteiger partial charge in [0.1, 0.15) is 0 Å². The summed E-state index contributed by atoms with van der Waals surface area (Å²) in [7, 11) is 0. The summed E-state index contributed by atoms with van der Waals surface area (Å²) in [5.74, 6) is -0.509. The lowest BCUT2D eigenvalue weighted by Gasteiger charge is -2.01. The maximum absolute atomic E-state index is 11.8. The second-order valence-electron chi connectivity index (χ2n) is 2.07. The molecule has 0 aliphatic carbocycles. The monoisotopic (exact) mass is 225 g/mol. The van der Waals surface area contributed by atoms with E-state index in [-0.39, 0.29) is 5.06 Å². The minimum atomic E-state index is -3.06. The van der Waals surface area contributed by atoms with Crippen LogP contribution in [-0.4, -0.2) is 22.9 Å². The van der Waals surface area contributed by atoms with E-state index in [1.165, 1.54) is 6.92 Å². The zero-order valence-corrected chi connectivity index (χ0v) is 7.68. The predicted molar refractivity (Wildman–Crippen MR) is 42.1 cm³/mol. The highest BCUT2D eigenvalue weighted by molar-refractivity contribution is 7.13. The van der Waals surface area contributed by atoms with Crippen LogP contribution in [0.3, 0.4) is 0 Å². The fourth-order valence-electron chi connectivity index (χ4n) is 0.692. The first-order chi connectivity index (χ1) is 6.49. The van der Waals surface area contributed by atoms with Gasteiger partial charge in [-0.3, -0.25) is 0 Å². The van der Waals surface area contributed by atoms with E-state index in [9.17, 15) is 13.6 Å². The molecule has 14 heavy (non-hydrogen) atoms. The minimum Gasteiger partial charge on any atom is -0.449 e. The molecule has 0 amide bonds. The van der Waals surface area contributed by atoms with Crippen LogP contribution < -0.4 is 9.47 Å². The summed E-state index contributed by atoms with van der Waals surface area (Å²) in [5, 5.41) is 8.32. The molecule has 1 N–H and O–H groups in total. The van der Waals surface area contributed by atoms with Gasteiger partial charge >= 0.3 is 12.8 Å². The van der Waals surface area contributed by atoms with E-state index in [0.29, 0.717) is 5.01 Å². The third-order valence-corrected chi connectivity index (χ3v) is 1.88. The zero-order chi connectivity index (χ0) is 10.7. The van der Waals surface area contributed by atoms with Crippen LogP contribution in [0.4, 0.5) is 13.6 Å². The Hall–Kier alpha value is -1.44. The van der Waals surface area contributed by atoms with Crippen LogP contribution in [0.25, 0.3) is 0 Å². The second kappa shape index (κ2) is 4.18. The highest BCUT2D eigenvalue weighted by Gasteiger charge is 2.18. The van der Waals surface area contributed by atoms with Crippen molar-refractivity contribution in [3.8, 4) is 10.9 Å². The van der Waals surface area contributed by atoms with Crippen molar-refractivity contribution < 1.29 is 28.2 Å². The molecule has 8 heteroatoms. The van der Waals surface area contributed by atoms with Gasteiger partial charge in [-0.05, 0) is 6.92 Å². The standard InChI is InChI=1S/C6H5F2NO4S/c1-2-9-3(12-5(7)8)4(14-2)13-6(10)11/h5H,1H3,(H,10,11). The molecule has 0 atom stereocenters. The molecule has 0 radical (unpaired) electrons. The number of nitrogens with zero attached hydrogens (tertiary/aromatic N) is 1. The summed E-state index contributed by atoms with van der Waals surface area (Å²) in [6, 6.07) is 0. The van der Waals surface area contributed by atoms with Crippen LogP contribution in [0.2, 0.25) is 0 Å². The first-order valence-corrected chi connectivity index (χ1v) is 4.13. The number of ether oxygens (including phenoxy) is 2. The normalized spacial score (nSPS) is 10.3. The van der Waals surface area contributed by atoms with Crippen LogP contribution in [0, 0.1) is 6.92 Å². The van der Waals surface area contributed by atoms with Gasteiger partial charge in [0.2, 0.25) is 0 Å². The van der Waals surface area contributed by atoms with E-state index >= 15 is 0 Å². The lowest BCUT2D eigenvalue weighted by atomic mass is 10.8. The van der Waals surface area contributed by atoms with E-state index in [2.05, 4.69) is 14.5 Å². The third-order valence-electron chi connectivity index (χ3n) is 1.05. The average Bonchev–Trinajstić information content (AvgIpc) is 2.28. The Morgan fingerprint density at radius 3 is 2.79 bits per heavy atom. The summed E-state index contributed by atoms with van der Waals surface area (Å²) in [6.45, 7) is -1.55. The number of carboxylic acid groups (broad SMARTS) is 1. The Morgan fingerprint density at radius 2 is 2.29 bits per heavy atom. The maximum atomic E-state index is 11.8. The SMILES string of the molecule is Cc1nc(OC(F)F)c(OC(=O)O)s1. The smallest absolute Gasteiger partial charge is 0.449 e. The fourth-order valence-corrected chi connectivity index (χ4v) is 1.38. The molecule has 0 bridgehead atoms. The molecule has 0 aromatic carbocycles. The number of aryl methyl sites for hydroxylation is 1. The van der Waals surface area contributed by atoms with Gasteiger partial charge in [0.05, 0.1) is 5.01 Å². The molecule has 0 saturated heterocycles. The molecule has 0 aliphatic heterocycles. The van der Waals surface area contributed by atoms with Gasteiger partial charge in [-0.15, -0.1) is 0 Å². The summed E-state index contributed by atoms with van der Waals surface area (Å²) < 4.78 is 31.7. The summed E-state index contributed by atoms with van der Waals surface area (Å²) in [4.78, 5) is 13.7. The second-order valence-corrected chi connectivity index (χ2v) is 3.24. The van der Waals surface area contributed by atoms with Gasteiger partial charge in [-0.2, -0.15) is 8.78 Å². The molecule has 1 aromatic heterocycles. The molecule has 1 heterocycles. The van der Waals surface area contributed by atoms with Crippen molar-refractivity contribution in [2.75, 3.05) is 0 Å². The summed E-state index contributed by atoms with van der Waals surface area (Å²) in [5.41, 5.74) is 0. The third kappa shape index (κ3) is 2.80. The topological polar surface area (TPSA) is 68.7 Å². The van der Waals surface area contributed by atoms with Crippen LogP contribution in [0.5, 0.6) is 10.9 Å². The number of halogens is 2. The molecular weight excluding hydrogens is 220 g/mol. The lowest BCUT2D eigenvalue weighted by molar-refractivity contribution is -0.0538. The molecule has 5 nitrogen and oxygen atoms in total. The highest BCUT2D eigenvalue weighted by atomic mass is 32.1. The first-order valence-electron chi connectivity index (χ1n) is 3.32. The van der Waals surface area contributed by atoms with Crippen LogP contribution in [0.1, 0.15) is 5.01 Å². The minimum absolute atomic E-state index is 0.296. The predicted octanol–water partition coefficient (Wildman–Crippen LogP) is 2.11. The molecule has 0 unspecified atom stereocenters. The van der Waals surface area contributed by atoms with Gasteiger partial charge in [0.15, 0.2) is 0 Å². The van der Waals surface area contributed by atoms with E-state index in [1.807, 2.05) is 0 Å². The van der Waals surface area contributed by atoms with E-state index in [0.717, 1.165) is 11.3 Å². The van der Waals surface area contributed by atoms with E-state index in [1.54, 1.807) is 0 Å². The number of rotatable bonds is 3. The van der Waals surface area contributed by atoms with Crippen molar-refractivity contribution in [3.05, 3.63) is 5.01 Å². The quantitative estimate of drug-likeness (QED) is 0.798. The molecule has 0 fully saturated rings. The van der Waals surface area contributed by atoms with Crippen molar-refractivity contribution >= 4 is 17.5 Å². The largest absolute Gasteiger partial charge is 0.512 e. The molecule has 1 rings (SSSR count). The Bertz CT molecular complexity index is 341. The average molecular weight is 225 g/mol. The van der Waals surface area contributed by atoms with Crippen LogP contribution >= 0.6 is 11.3 Å². The van der Waals surface area contributed by atoms with Gasteiger partial charge < -0.3 is 14.6 Å². The van der Waals surface area contributed by atoms with Gasteiger partial charge in [-0.1, -0.05) is 11.3 Å². The lowest BCUT2D eigenvalue weighted by Crippen LogP contribution is -2.06. The molecule has 0 saturated carbocycles. The molecular formula is C6H5F2NO4S. The Balaban J connectivity index is 2.85. The molecule has 0 aliphatic rings. The first kappa shape index (κ1) is 10.6. The van der Waals surface area contributed by atoms with Crippen molar-refractivity contribution in [2.45, 2.75) is 13.5 Å². The Labute approximate surface area is 80.9 Å².